The number of hydrogen-bond donors (Lipinski definition) is 1. The van der Waals surface area contributed by atoms with Crippen molar-refractivity contribution in [2.24, 2.45) is 0 Å². The van der Waals surface area contributed by atoms with Gasteiger partial charge >= 0.3 is 0 Å². The first-order valence-electron chi connectivity index (χ1n) is 7.28. The van der Waals surface area contributed by atoms with Crippen LogP contribution in [0.2, 0.25) is 0 Å². The average molecular weight is 344 g/mol. The van der Waals surface area contributed by atoms with Gasteiger partial charge in [0.2, 0.25) is 0 Å². The van der Waals surface area contributed by atoms with Gasteiger partial charge in [0.1, 0.15) is 5.82 Å². The molecule has 1 aromatic rings. The third-order valence-corrected chi connectivity index (χ3v) is 5.43. The molecule has 0 radical (unpaired) electrons. The Labute approximate surface area is 129 Å². The molecule has 0 aliphatic heterocycles. The van der Waals surface area contributed by atoms with Gasteiger partial charge in [-0.2, -0.15) is 0 Å². The maximum Gasteiger partial charge on any atom is 0.137 e. The molecular formula is C16H23BrFNO. The van der Waals surface area contributed by atoms with Crippen LogP contribution in [-0.4, -0.2) is 25.8 Å². The molecule has 1 fully saturated rings. The number of halogens is 2. The third-order valence-electron chi connectivity index (χ3n) is 4.55. The summed E-state index contributed by atoms with van der Waals surface area (Å²) in [7, 11) is 3.77. The lowest BCUT2D eigenvalue weighted by Crippen LogP contribution is -2.53. The normalized spacial score (nSPS) is 19.8. The topological polar surface area (TPSA) is 21.3 Å². The molecule has 1 aliphatic carbocycles. The third kappa shape index (κ3) is 3.23. The zero-order chi connectivity index (χ0) is 14.6. The van der Waals surface area contributed by atoms with E-state index in [9.17, 15) is 4.39 Å². The zero-order valence-electron chi connectivity index (χ0n) is 12.2. The van der Waals surface area contributed by atoms with Crippen LogP contribution in [0, 0.1) is 5.82 Å². The first kappa shape index (κ1) is 15.9. The zero-order valence-corrected chi connectivity index (χ0v) is 13.8. The van der Waals surface area contributed by atoms with Crippen molar-refractivity contribution in [2.45, 2.75) is 50.2 Å². The van der Waals surface area contributed by atoms with Gasteiger partial charge in [0, 0.05) is 13.2 Å². The van der Waals surface area contributed by atoms with Gasteiger partial charge in [-0.15, -0.1) is 0 Å². The van der Waals surface area contributed by atoms with Crippen molar-refractivity contribution < 1.29 is 9.13 Å². The van der Waals surface area contributed by atoms with Gasteiger partial charge < -0.3 is 10.1 Å². The summed E-state index contributed by atoms with van der Waals surface area (Å²) in [6.45, 7) is 0. The van der Waals surface area contributed by atoms with Crippen molar-refractivity contribution >= 4 is 15.9 Å². The second-order valence-corrected chi connectivity index (χ2v) is 6.38. The molecule has 1 unspecified atom stereocenters. The van der Waals surface area contributed by atoms with Crippen molar-refractivity contribution in [1.29, 1.82) is 0 Å². The predicted octanol–water partition coefficient (Wildman–Crippen LogP) is 4.07. The molecule has 0 bridgehead atoms. The lowest BCUT2D eigenvalue weighted by molar-refractivity contribution is -0.0657. The minimum atomic E-state index is -0.201. The van der Waals surface area contributed by atoms with E-state index >= 15 is 0 Å². The summed E-state index contributed by atoms with van der Waals surface area (Å²) in [4.78, 5) is 0. The van der Waals surface area contributed by atoms with E-state index < -0.39 is 0 Å². The second kappa shape index (κ2) is 7.01. The quantitative estimate of drug-likeness (QED) is 0.870. The van der Waals surface area contributed by atoms with Gasteiger partial charge in [-0.25, -0.2) is 4.39 Å². The Bertz CT molecular complexity index is 446. The minimum Gasteiger partial charge on any atom is -0.377 e. The summed E-state index contributed by atoms with van der Waals surface area (Å²) in [5, 5.41) is 3.39. The van der Waals surface area contributed by atoms with Crippen molar-refractivity contribution in [1.82, 2.24) is 5.32 Å². The fraction of sp³-hybridized carbons (Fsp3) is 0.625. The average Bonchev–Trinajstić information content (AvgIpc) is 2.49. The maximum atomic E-state index is 13.7. The highest BCUT2D eigenvalue weighted by Crippen LogP contribution is 2.36. The van der Waals surface area contributed by atoms with E-state index in [1.807, 2.05) is 13.1 Å². The maximum absolute atomic E-state index is 13.7. The number of hydrogen-bond acceptors (Lipinski definition) is 2. The van der Waals surface area contributed by atoms with E-state index in [2.05, 4.69) is 21.2 Å². The molecule has 20 heavy (non-hydrogen) atoms. The Hall–Kier alpha value is -0.450. The molecule has 0 saturated heterocycles. The summed E-state index contributed by atoms with van der Waals surface area (Å²) in [6.07, 6.45) is 6.60. The summed E-state index contributed by atoms with van der Waals surface area (Å²) in [6, 6.07) is 5.42. The molecule has 112 valence electrons. The van der Waals surface area contributed by atoms with Crippen LogP contribution >= 0.6 is 15.9 Å². The van der Waals surface area contributed by atoms with Crippen LogP contribution < -0.4 is 5.32 Å². The molecule has 0 spiro atoms. The molecule has 0 amide bonds. The Balaban J connectivity index is 2.21. The number of likely N-dealkylation sites (N-methyl/N-ethyl adjacent to an activating group) is 1. The molecule has 1 aliphatic rings. The molecule has 0 heterocycles. The van der Waals surface area contributed by atoms with Gasteiger partial charge in [-0.05, 0) is 53.9 Å². The van der Waals surface area contributed by atoms with Crippen LogP contribution in [0.1, 0.15) is 37.7 Å². The van der Waals surface area contributed by atoms with Crippen molar-refractivity contribution in [3.8, 4) is 0 Å². The van der Waals surface area contributed by atoms with Gasteiger partial charge in [0.15, 0.2) is 0 Å². The number of ether oxygens (including phenoxy) is 1. The monoisotopic (exact) mass is 343 g/mol. The lowest BCUT2D eigenvalue weighted by atomic mass is 9.77. The summed E-state index contributed by atoms with van der Waals surface area (Å²) in [5.41, 5.74) is 0.866. The van der Waals surface area contributed by atoms with Crippen molar-refractivity contribution in [3.63, 3.8) is 0 Å². The highest BCUT2D eigenvalue weighted by atomic mass is 79.9. The number of nitrogens with one attached hydrogen (secondary N) is 1. The summed E-state index contributed by atoms with van der Waals surface area (Å²) >= 11 is 3.36. The molecule has 0 aromatic heterocycles. The number of benzene rings is 1. The van der Waals surface area contributed by atoms with E-state index in [4.69, 9.17) is 4.74 Å². The minimum absolute atomic E-state index is 0.126. The molecular weight excluding hydrogens is 321 g/mol. The fourth-order valence-corrected chi connectivity index (χ4v) is 3.75. The molecule has 2 nitrogen and oxygen atoms in total. The standard InChI is InChI=1S/C16H23BrFNO/c1-19-14(16(20-2)9-4-3-5-10-16)11-12-7-6-8-13(18)15(12)17/h6-8,14,19H,3-5,9-11H2,1-2H3. The van der Waals surface area contributed by atoms with Crippen LogP contribution in [-0.2, 0) is 11.2 Å². The van der Waals surface area contributed by atoms with Crippen LogP contribution in [0.4, 0.5) is 4.39 Å². The van der Waals surface area contributed by atoms with E-state index in [1.54, 1.807) is 13.2 Å². The summed E-state index contributed by atoms with van der Waals surface area (Å²) in [5.74, 6) is -0.201. The molecule has 1 saturated carbocycles. The Morgan fingerprint density at radius 3 is 2.65 bits per heavy atom. The highest BCUT2D eigenvalue weighted by molar-refractivity contribution is 9.10. The Morgan fingerprint density at radius 1 is 1.35 bits per heavy atom. The van der Waals surface area contributed by atoms with Crippen molar-refractivity contribution in [2.75, 3.05) is 14.2 Å². The van der Waals surface area contributed by atoms with Gasteiger partial charge in [0.25, 0.3) is 0 Å². The van der Waals surface area contributed by atoms with Crippen LogP contribution in [0.5, 0.6) is 0 Å². The number of methoxy groups -OCH3 is 1. The van der Waals surface area contributed by atoms with Gasteiger partial charge in [0.05, 0.1) is 10.1 Å². The van der Waals surface area contributed by atoms with Crippen LogP contribution in [0.15, 0.2) is 22.7 Å². The second-order valence-electron chi connectivity index (χ2n) is 5.59. The van der Waals surface area contributed by atoms with Gasteiger partial charge in [-0.1, -0.05) is 31.4 Å². The molecule has 1 N–H and O–H groups in total. The highest BCUT2D eigenvalue weighted by Gasteiger charge is 2.39. The molecule has 2 rings (SSSR count). The first-order valence-corrected chi connectivity index (χ1v) is 8.07. The fourth-order valence-electron chi connectivity index (χ4n) is 3.32. The van der Waals surface area contributed by atoms with E-state index in [1.165, 1.54) is 25.3 Å². The molecule has 1 aromatic carbocycles. The van der Waals surface area contributed by atoms with Gasteiger partial charge in [-0.3, -0.25) is 0 Å². The van der Waals surface area contributed by atoms with Crippen LogP contribution in [0.3, 0.4) is 0 Å². The number of rotatable bonds is 5. The molecule has 4 heteroatoms. The SMILES string of the molecule is CNC(Cc1cccc(F)c1Br)C1(OC)CCCCC1. The molecule has 1 atom stereocenters. The first-order chi connectivity index (χ1) is 9.63. The summed E-state index contributed by atoms with van der Waals surface area (Å²) < 4.78 is 20.1. The lowest BCUT2D eigenvalue weighted by Gasteiger charge is -2.42. The predicted molar refractivity (Wildman–Crippen MR) is 83.5 cm³/mol. The Morgan fingerprint density at radius 2 is 2.05 bits per heavy atom. The van der Waals surface area contributed by atoms with E-state index in [-0.39, 0.29) is 17.5 Å². The van der Waals surface area contributed by atoms with Crippen LogP contribution in [0.25, 0.3) is 0 Å². The largest absolute Gasteiger partial charge is 0.377 e. The van der Waals surface area contributed by atoms with E-state index in [0.717, 1.165) is 24.8 Å². The van der Waals surface area contributed by atoms with E-state index in [0.29, 0.717) is 4.47 Å². The van der Waals surface area contributed by atoms with Crippen molar-refractivity contribution in [3.05, 3.63) is 34.1 Å². The smallest absolute Gasteiger partial charge is 0.137 e. The Kier molecular flexibility index (Phi) is 5.58.